The first-order valence-electron chi connectivity index (χ1n) is 21.8. The normalized spacial score (nSPS) is 12.8. The van der Waals surface area contributed by atoms with Crippen LogP contribution in [-0.4, -0.2) is 0 Å². The molecule has 63 heavy (non-hydrogen) atoms. The lowest BCUT2D eigenvalue weighted by molar-refractivity contribution is 0.658. The molecule has 2 aliphatic rings. The van der Waals surface area contributed by atoms with E-state index in [0.717, 1.165) is 34.1 Å². The molecule has 306 valence electrons. The fourth-order valence-electron chi connectivity index (χ4n) is 8.97. The van der Waals surface area contributed by atoms with Crippen LogP contribution in [0.4, 0.5) is 34.1 Å². The van der Waals surface area contributed by atoms with E-state index in [1.165, 1.54) is 64.1 Å². The molecule has 0 fully saturated rings. The zero-order valence-electron chi connectivity index (χ0n) is 36.0. The third kappa shape index (κ3) is 7.64. The molecule has 4 heteroatoms. The van der Waals surface area contributed by atoms with Crippen LogP contribution in [0.3, 0.4) is 0 Å². The molecule has 0 aromatic heterocycles. The highest BCUT2D eigenvalue weighted by Crippen LogP contribution is 2.56. The highest BCUT2D eigenvalue weighted by Gasteiger charge is 2.37. The van der Waals surface area contributed by atoms with Crippen molar-refractivity contribution in [3.05, 3.63) is 230 Å². The predicted molar refractivity (Wildman–Crippen MR) is 270 cm³/mol. The van der Waals surface area contributed by atoms with Crippen LogP contribution in [0.15, 0.2) is 238 Å². The summed E-state index contributed by atoms with van der Waals surface area (Å²) in [4.78, 5) is 10.1. The Morgan fingerprint density at radius 2 is 0.651 bits per heavy atom. The molecule has 1 aliphatic heterocycles. The fraction of sp³-hybridized carbons (Fsp3) is 0.0847. The van der Waals surface area contributed by atoms with Gasteiger partial charge in [-0.25, -0.2) is 0 Å². The van der Waals surface area contributed by atoms with Gasteiger partial charge in [0.05, 0.1) is 0 Å². The highest BCUT2D eigenvalue weighted by molar-refractivity contribution is 8.05. The Balaban J connectivity index is 0.00000232. The van der Waals surface area contributed by atoms with Gasteiger partial charge in [0.15, 0.2) is 0 Å². The first-order valence-corrected chi connectivity index (χ1v) is 23.5. The number of hydrogen-bond donors (Lipinski definition) is 0. The van der Waals surface area contributed by atoms with E-state index < -0.39 is 0 Å². The number of rotatable bonds is 8. The van der Waals surface area contributed by atoms with E-state index in [0.29, 0.717) is 0 Å². The van der Waals surface area contributed by atoms with Crippen molar-refractivity contribution in [1.29, 1.82) is 0 Å². The summed E-state index contributed by atoms with van der Waals surface area (Å²) in [5.74, 6) is 0. The summed E-state index contributed by atoms with van der Waals surface area (Å²) in [5, 5.41) is 0. The Hall–Kier alpha value is -6.72. The van der Waals surface area contributed by atoms with Gasteiger partial charge < -0.3 is 9.80 Å². The average Bonchev–Trinajstić information content (AvgIpc) is 3.56. The third-order valence-corrected chi connectivity index (χ3v) is 14.6. The molecule has 0 N–H and O–H groups in total. The van der Waals surface area contributed by atoms with Crippen molar-refractivity contribution >= 4 is 57.6 Å². The third-order valence-electron chi connectivity index (χ3n) is 12.1. The summed E-state index contributed by atoms with van der Waals surface area (Å²) in [6.07, 6.45) is 0. The zero-order chi connectivity index (χ0) is 42.9. The molecule has 2 nitrogen and oxygen atoms in total. The molecule has 0 saturated heterocycles. The van der Waals surface area contributed by atoms with Crippen LogP contribution in [-0.2, 0) is 5.41 Å². The Morgan fingerprint density at radius 3 is 1.14 bits per heavy atom. The minimum absolute atomic E-state index is 0.108. The number of fused-ring (bicyclic) bond motifs is 5. The molecule has 0 spiro atoms. The van der Waals surface area contributed by atoms with Crippen LogP contribution in [0.2, 0.25) is 0 Å². The van der Waals surface area contributed by atoms with Gasteiger partial charge >= 0.3 is 0 Å². The first-order chi connectivity index (χ1) is 31.0. The number of hydrogen-bond acceptors (Lipinski definition) is 4. The Morgan fingerprint density at radius 1 is 0.302 bits per heavy atom. The number of anilines is 6. The molecule has 0 saturated carbocycles. The van der Waals surface area contributed by atoms with Crippen molar-refractivity contribution in [2.24, 2.45) is 0 Å². The lowest BCUT2D eigenvalue weighted by atomic mass is 9.81. The van der Waals surface area contributed by atoms with E-state index >= 15 is 0 Å². The maximum absolute atomic E-state index is 2.46. The largest absolute Gasteiger partial charge is 0.311 e. The van der Waals surface area contributed by atoms with Crippen molar-refractivity contribution in [2.75, 3.05) is 9.80 Å². The van der Waals surface area contributed by atoms with Gasteiger partial charge in [0, 0.05) is 59.1 Å². The van der Waals surface area contributed by atoms with Crippen molar-refractivity contribution in [3.63, 3.8) is 0 Å². The highest BCUT2D eigenvalue weighted by atomic mass is 32.2. The molecule has 9 aromatic rings. The standard InChI is InChI=1S/C57H42N2S2.C2H6/c1-57(2)51-36-42(26-35-49(51)50-37-55-56(38-52(50)57)61-54-21-13-12-20-53(54)60-55)41-24-29-46(30-25-41)59(45-27-22-40(23-28-45)39-14-6-3-7-15-39)48-33-31-47(32-34-48)58(43-16-8-4-9-17-43)44-18-10-5-11-19-44;1-2/h3-38H,1-2H3;1-2H3. The molecule has 0 amide bonds. The second-order valence-corrected chi connectivity index (χ2v) is 18.4. The van der Waals surface area contributed by atoms with Gasteiger partial charge in [0.1, 0.15) is 0 Å². The second-order valence-electron chi connectivity index (χ2n) is 16.2. The summed E-state index contributed by atoms with van der Waals surface area (Å²) in [6, 6.07) is 79.4. The number of para-hydroxylation sites is 2. The van der Waals surface area contributed by atoms with Crippen molar-refractivity contribution in [3.8, 4) is 33.4 Å². The molecule has 0 unspecified atom stereocenters. The van der Waals surface area contributed by atoms with Crippen molar-refractivity contribution < 1.29 is 0 Å². The average molecular weight is 849 g/mol. The Kier molecular flexibility index (Phi) is 11.0. The molecule has 0 radical (unpaired) electrons. The van der Waals surface area contributed by atoms with Crippen molar-refractivity contribution in [1.82, 2.24) is 0 Å². The molecule has 0 atom stereocenters. The van der Waals surface area contributed by atoms with Crippen LogP contribution in [0.5, 0.6) is 0 Å². The molecule has 1 aliphatic carbocycles. The van der Waals surface area contributed by atoms with E-state index in [4.69, 9.17) is 0 Å². The fourth-order valence-corrected chi connectivity index (χ4v) is 11.2. The summed E-state index contributed by atoms with van der Waals surface area (Å²) in [7, 11) is 0. The van der Waals surface area contributed by atoms with Gasteiger partial charge in [-0.2, -0.15) is 0 Å². The van der Waals surface area contributed by atoms with Gasteiger partial charge in [0.2, 0.25) is 0 Å². The van der Waals surface area contributed by atoms with Crippen LogP contribution < -0.4 is 9.80 Å². The van der Waals surface area contributed by atoms with Gasteiger partial charge in [-0.15, -0.1) is 0 Å². The van der Waals surface area contributed by atoms with Crippen LogP contribution in [0.25, 0.3) is 33.4 Å². The van der Waals surface area contributed by atoms with Crippen LogP contribution in [0.1, 0.15) is 38.8 Å². The maximum atomic E-state index is 2.46. The Labute approximate surface area is 380 Å². The Bertz CT molecular complexity index is 2980. The lowest BCUT2D eigenvalue weighted by Crippen LogP contribution is -2.15. The van der Waals surface area contributed by atoms with Crippen LogP contribution >= 0.6 is 23.5 Å². The number of nitrogens with zero attached hydrogens (tertiary/aromatic N) is 2. The SMILES string of the molecule is CC.CC1(C)c2cc(-c3ccc(N(c4ccc(-c5ccccc5)cc4)c4ccc(N(c5ccccc5)c5ccccc5)cc4)cc3)ccc2-c2cc3c(cc21)Sc1ccccc1S3. The lowest BCUT2D eigenvalue weighted by Gasteiger charge is -2.28. The van der Waals surface area contributed by atoms with Gasteiger partial charge in [-0.3, -0.25) is 0 Å². The number of benzene rings is 9. The summed E-state index contributed by atoms with van der Waals surface area (Å²) in [6.45, 7) is 8.77. The second kappa shape index (κ2) is 17.2. The van der Waals surface area contributed by atoms with Crippen LogP contribution in [0, 0.1) is 0 Å². The summed E-state index contributed by atoms with van der Waals surface area (Å²) in [5.41, 5.74) is 16.9. The quantitative estimate of drug-likeness (QED) is 0.150. The minimum atomic E-state index is -0.108. The van der Waals surface area contributed by atoms with Gasteiger partial charge in [-0.05, 0) is 148 Å². The molecule has 9 aromatic carbocycles. The van der Waals surface area contributed by atoms with Gasteiger partial charge in [-0.1, -0.05) is 166 Å². The smallest absolute Gasteiger partial charge is 0.0463 e. The van der Waals surface area contributed by atoms with E-state index in [-0.39, 0.29) is 5.41 Å². The minimum Gasteiger partial charge on any atom is -0.311 e. The van der Waals surface area contributed by atoms with Gasteiger partial charge in [0.25, 0.3) is 0 Å². The summed E-state index contributed by atoms with van der Waals surface area (Å²) < 4.78 is 0. The molecular formula is C59H48N2S2. The summed E-state index contributed by atoms with van der Waals surface area (Å²) >= 11 is 3.80. The molecule has 0 bridgehead atoms. The molecule has 1 heterocycles. The topological polar surface area (TPSA) is 6.48 Å². The van der Waals surface area contributed by atoms with E-state index in [2.05, 4.69) is 242 Å². The van der Waals surface area contributed by atoms with Crippen molar-refractivity contribution in [2.45, 2.75) is 52.7 Å². The van der Waals surface area contributed by atoms with E-state index in [1.807, 2.05) is 37.4 Å². The maximum Gasteiger partial charge on any atom is 0.0463 e. The van der Waals surface area contributed by atoms with E-state index in [1.54, 1.807) is 0 Å². The molecular weight excluding hydrogens is 801 g/mol. The first kappa shape index (κ1) is 40.4. The van der Waals surface area contributed by atoms with E-state index in [9.17, 15) is 0 Å². The predicted octanol–water partition coefficient (Wildman–Crippen LogP) is 17.9. The zero-order valence-corrected chi connectivity index (χ0v) is 37.6. The molecule has 11 rings (SSSR count). The monoisotopic (exact) mass is 848 g/mol.